The maximum Gasteiger partial charge on any atom is 0.416 e. The highest BCUT2D eigenvalue weighted by molar-refractivity contribution is 5.86. The zero-order valence-electron chi connectivity index (χ0n) is 23.1. The number of amides is 1. The van der Waals surface area contributed by atoms with Crippen LogP contribution in [0, 0.1) is 0 Å². The van der Waals surface area contributed by atoms with Crippen molar-refractivity contribution in [1.82, 2.24) is 24.1 Å². The van der Waals surface area contributed by atoms with E-state index in [1.807, 2.05) is 47.2 Å². The van der Waals surface area contributed by atoms with Gasteiger partial charge in [0, 0.05) is 54.4 Å². The van der Waals surface area contributed by atoms with E-state index in [-0.39, 0.29) is 16.9 Å². The van der Waals surface area contributed by atoms with Crippen LogP contribution in [0.4, 0.5) is 19.1 Å². The van der Waals surface area contributed by atoms with Crippen molar-refractivity contribution in [2.24, 2.45) is 0 Å². The van der Waals surface area contributed by atoms with Gasteiger partial charge in [-0.25, -0.2) is 9.97 Å². The average molecular weight is 585 g/mol. The lowest BCUT2D eigenvalue weighted by Crippen LogP contribution is -2.31. The first-order valence-electron chi connectivity index (χ1n) is 13.7. The Bertz CT molecular complexity index is 1830. The highest BCUT2D eigenvalue weighted by Gasteiger charge is 2.32. The standard InChI is InChI=1S/C32H27F3N6O2/c1-2-14-40-28(22-6-9-26(10-7-22)39-15-13-36-20-39)19-38-31(40)27(18-25-5-3-4-12-37-25)41(21-42)30-17-23-16-24(32(33,34)35)8-11-29(23)43-30/h3-13,15-17,19-21,27H,2,14,18H2,1H3/t27-/m0/s1. The summed E-state index contributed by atoms with van der Waals surface area (Å²) in [6.07, 6.45) is 5.98. The number of fused-ring (bicyclic) bond motifs is 1. The summed E-state index contributed by atoms with van der Waals surface area (Å²) >= 11 is 0. The molecule has 0 fully saturated rings. The number of rotatable bonds is 10. The molecule has 4 heterocycles. The fourth-order valence-electron chi connectivity index (χ4n) is 5.20. The van der Waals surface area contributed by atoms with E-state index >= 15 is 0 Å². The van der Waals surface area contributed by atoms with Gasteiger partial charge in [0.05, 0.1) is 23.8 Å². The van der Waals surface area contributed by atoms with Gasteiger partial charge < -0.3 is 13.6 Å². The summed E-state index contributed by atoms with van der Waals surface area (Å²) in [7, 11) is 0. The second kappa shape index (κ2) is 11.6. The van der Waals surface area contributed by atoms with Crippen molar-refractivity contribution in [2.75, 3.05) is 4.90 Å². The first kappa shape index (κ1) is 28.0. The summed E-state index contributed by atoms with van der Waals surface area (Å²) in [4.78, 5) is 27.5. The second-order valence-electron chi connectivity index (χ2n) is 10.1. The molecule has 0 radical (unpaired) electrons. The molecule has 43 heavy (non-hydrogen) atoms. The second-order valence-corrected chi connectivity index (χ2v) is 10.1. The third-order valence-corrected chi connectivity index (χ3v) is 7.26. The van der Waals surface area contributed by atoms with Crippen molar-refractivity contribution in [3.63, 3.8) is 0 Å². The zero-order valence-corrected chi connectivity index (χ0v) is 23.1. The third-order valence-electron chi connectivity index (χ3n) is 7.26. The van der Waals surface area contributed by atoms with Crippen LogP contribution in [-0.2, 0) is 23.9 Å². The predicted octanol–water partition coefficient (Wildman–Crippen LogP) is 7.25. The average Bonchev–Trinajstić information content (AvgIpc) is 3.77. The van der Waals surface area contributed by atoms with E-state index < -0.39 is 17.8 Å². The summed E-state index contributed by atoms with van der Waals surface area (Å²) in [6.45, 7) is 2.67. The summed E-state index contributed by atoms with van der Waals surface area (Å²) in [5, 5.41) is 0.240. The minimum Gasteiger partial charge on any atom is -0.440 e. The number of pyridine rings is 1. The molecule has 4 aromatic heterocycles. The monoisotopic (exact) mass is 584 g/mol. The molecule has 0 saturated heterocycles. The summed E-state index contributed by atoms with van der Waals surface area (Å²) < 4.78 is 50.0. The van der Waals surface area contributed by atoms with Gasteiger partial charge >= 0.3 is 6.18 Å². The van der Waals surface area contributed by atoms with E-state index in [1.165, 1.54) is 17.0 Å². The Morgan fingerprint density at radius 1 is 1.02 bits per heavy atom. The fraction of sp³-hybridized carbons (Fsp3) is 0.188. The Hall–Kier alpha value is -5.19. The molecular weight excluding hydrogens is 557 g/mol. The van der Waals surface area contributed by atoms with E-state index in [1.54, 1.807) is 31.0 Å². The molecule has 0 aliphatic heterocycles. The quantitative estimate of drug-likeness (QED) is 0.158. The predicted molar refractivity (Wildman–Crippen MR) is 156 cm³/mol. The number of carbonyl (C=O) groups excluding carboxylic acids is 1. The maximum absolute atomic E-state index is 13.4. The largest absolute Gasteiger partial charge is 0.440 e. The first-order chi connectivity index (χ1) is 20.9. The van der Waals surface area contributed by atoms with Crippen molar-refractivity contribution in [2.45, 2.75) is 38.5 Å². The highest BCUT2D eigenvalue weighted by atomic mass is 19.4. The van der Waals surface area contributed by atoms with Crippen molar-refractivity contribution >= 4 is 23.3 Å². The topological polar surface area (TPSA) is 82.0 Å². The number of aromatic nitrogens is 5. The van der Waals surface area contributed by atoms with Crippen molar-refractivity contribution in [1.29, 1.82) is 0 Å². The lowest BCUT2D eigenvalue weighted by atomic mass is 10.1. The number of nitrogens with zero attached hydrogens (tertiary/aromatic N) is 6. The number of alkyl halides is 3. The zero-order chi connectivity index (χ0) is 30.0. The molecule has 2 aromatic carbocycles. The number of imidazole rings is 2. The maximum atomic E-state index is 13.4. The van der Waals surface area contributed by atoms with Crippen LogP contribution in [0.2, 0.25) is 0 Å². The molecule has 6 aromatic rings. The number of halogens is 3. The Balaban J connectivity index is 1.43. The van der Waals surface area contributed by atoms with Gasteiger partial charge in [0.25, 0.3) is 0 Å². The van der Waals surface area contributed by atoms with Gasteiger partial charge in [-0.05, 0) is 54.4 Å². The van der Waals surface area contributed by atoms with Crippen LogP contribution in [0.3, 0.4) is 0 Å². The van der Waals surface area contributed by atoms with Gasteiger partial charge in [-0.15, -0.1) is 0 Å². The van der Waals surface area contributed by atoms with Crippen LogP contribution >= 0.6 is 0 Å². The molecule has 1 amide bonds. The summed E-state index contributed by atoms with van der Waals surface area (Å²) in [5.41, 5.74) is 2.92. The molecule has 0 saturated carbocycles. The van der Waals surface area contributed by atoms with Gasteiger partial charge in [0.2, 0.25) is 12.3 Å². The molecule has 11 heteroatoms. The van der Waals surface area contributed by atoms with E-state index in [4.69, 9.17) is 9.40 Å². The van der Waals surface area contributed by atoms with Crippen molar-refractivity contribution < 1.29 is 22.4 Å². The molecule has 0 N–H and O–H groups in total. The highest BCUT2D eigenvalue weighted by Crippen LogP contribution is 2.37. The molecule has 0 unspecified atom stereocenters. The Labute approximate surface area is 245 Å². The number of hydrogen-bond acceptors (Lipinski definition) is 5. The number of anilines is 1. The number of furan rings is 1. The van der Waals surface area contributed by atoms with Crippen LogP contribution in [0.25, 0.3) is 27.9 Å². The van der Waals surface area contributed by atoms with Gasteiger partial charge in [-0.1, -0.05) is 25.1 Å². The van der Waals surface area contributed by atoms with Crippen molar-refractivity contribution in [3.8, 4) is 16.9 Å². The molecule has 0 aliphatic rings. The fourth-order valence-corrected chi connectivity index (χ4v) is 5.20. The van der Waals surface area contributed by atoms with E-state index in [2.05, 4.69) is 21.5 Å². The first-order valence-corrected chi connectivity index (χ1v) is 13.7. The van der Waals surface area contributed by atoms with Crippen molar-refractivity contribution in [3.05, 3.63) is 115 Å². The van der Waals surface area contributed by atoms with Crippen LogP contribution < -0.4 is 4.90 Å². The van der Waals surface area contributed by atoms with Gasteiger partial charge in [0.1, 0.15) is 17.4 Å². The molecule has 0 spiro atoms. The Morgan fingerprint density at radius 2 is 1.86 bits per heavy atom. The number of hydrogen-bond donors (Lipinski definition) is 0. The normalized spacial score (nSPS) is 12.5. The van der Waals surface area contributed by atoms with Crippen LogP contribution in [0.15, 0.2) is 102 Å². The lowest BCUT2D eigenvalue weighted by molar-refractivity contribution is -0.137. The number of carbonyl (C=O) groups is 1. The van der Waals surface area contributed by atoms with Crippen LogP contribution in [0.5, 0.6) is 0 Å². The molecular formula is C32H27F3N6O2. The molecule has 218 valence electrons. The third kappa shape index (κ3) is 5.66. The Morgan fingerprint density at radius 3 is 2.53 bits per heavy atom. The molecule has 0 aliphatic carbocycles. The summed E-state index contributed by atoms with van der Waals surface area (Å²) in [6, 6.07) is 17.5. The Kier molecular flexibility index (Phi) is 7.54. The van der Waals surface area contributed by atoms with Crippen LogP contribution in [-0.4, -0.2) is 30.5 Å². The van der Waals surface area contributed by atoms with Gasteiger partial charge in [-0.3, -0.25) is 14.7 Å². The van der Waals surface area contributed by atoms with E-state index in [0.717, 1.165) is 35.5 Å². The lowest BCUT2D eigenvalue weighted by Gasteiger charge is -2.27. The minimum atomic E-state index is -4.50. The molecule has 6 rings (SSSR count). The van der Waals surface area contributed by atoms with Crippen LogP contribution in [0.1, 0.15) is 36.5 Å². The molecule has 1 atom stereocenters. The minimum absolute atomic E-state index is 0.113. The van der Waals surface area contributed by atoms with E-state index in [9.17, 15) is 18.0 Å². The smallest absolute Gasteiger partial charge is 0.416 e. The van der Waals surface area contributed by atoms with E-state index in [0.29, 0.717) is 30.9 Å². The molecule has 0 bridgehead atoms. The SMILES string of the molecule is CCCn1c(-c2ccc(-n3ccnc3)cc2)cnc1[C@H](Cc1ccccn1)N(C=O)c1cc2cc(C(F)(F)F)ccc2o1. The van der Waals surface area contributed by atoms with Gasteiger partial charge in [0.15, 0.2) is 0 Å². The summed E-state index contributed by atoms with van der Waals surface area (Å²) in [5.74, 6) is 0.715. The molecule has 8 nitrogen and oxygen atoms in total. The van der Waals surface area contributed by atoms with Gasteiger partial charge in [-0.2, -0.15) is 13.2 Å². The number of benzene rings is 2.